The van der Waals surface area contributed by atoms with Crippen LogP contribution in [0.4, 0.5) is 0 Å². The van der Waals surface area contributed by atoms with E-state index in [1.165, 1.54) is 0 Å². The molecule has 11 heavy (non-hydrogen) atoms. The normalized spacial score (nSPS) is 13.4. The van der Waals surface area contributed by atoms with Crippen LogP contribution in [-0.4, -0.2) is 37.6 Å². The second kappa shape index (κ2) is 7.31. The molecule has 0 fully saturated rings. The molecule has 1 unspecified atom stereocenters. The Morgan fingerprint density at radius 2 is 1.64 bits per heavy atom. The van der Waals surface area contributed by atoms with Crippen molar-refractivity contribution in [3.05, 3.63) is 0 Å². The van der Waals surface area contributed by atoms with Crippen LogP contribution in [0.15, 0.2) is 0 Å². The SMILES string of the molecule is O=P(O)(O)O.OCC(O)[CH2][Zn]. The van der Waals surface area contributed by atoms with Crippen molar-refractivity contribution < 1.29 is 47.8 Å². The van der Waals surface area contributed by atoms with Gasteiger partial charge < -0.3 is 14.7 Å². The van der Waals surface area contributed by atoms with Gasteiger partial charge in [0.1, 0.15) is 0 Å². The molecule has 5 N–H and O–H groups in total. The van der Waals surface area contributed by atoms with Crippen LogP contribution in [-0.2, 0) is 22.9 Å². The number of phosphoric acid groups is 1. The maximum absolute atomic E-state index is 8.88. The predicted molar refractivity (Wildman–Crippen MR) is 32.2 cm³/mol. The summed E-state index contributed by atoms with van der Waals surface area (Å²) in [5, 5.41) is 17.3. The molecule has 8 heteroatoms. The second-order valence-electron chi connectivity index (χ2n) is 1.64. The minimum atomic E-state index is -4.64. The van der Waals surface area contributed by atoms with E-state index in [-0.39, 0.29) is 6.61 Å². The van der Waals surface area contributed by atoms with E-state index in [4.69, 9.17) is 29.5 Å². The van der Waals surface area contributed by atoms with E-state index in [0.717, 1.165) is 23.3 Å². The zero-order chi connectivity index (χ0) is 9.49. The van der Waals surface area contributed by atoms with Gasteiger partial charge in [0.2, 0.25) is 0 Å². The van der Waals surface area contributed by atoms with E-state index in [2.05, 4.69) is 0 Å². The van der Waals surface area contributed by atoms with Gasteiger partial charge >= 0.3 is 54.1 Å². The van der Waals surface area contributed by atoms with E-state index >= 15 is 0 Å². The Kier molecular flexibility index (Phi) is 9.43. The van der Waals surface area contributed by atoms with Gasteiger partial charge in [-0.3, -0.25) is 0 Å². The summed E-state index contributed by atoms with van der Waals surface area (Å²) in [7, 11) is -4.64. The molecule has 0 saturated heterocycles. The van der Waals surface area contributed by atoms with E-state index in [1.54, 1.807) is 0 Å². The fraction of sp³-hybridized carbons (Fsp3) is 1.00. The molecule has 0 heterocycles. The van der Waals surface area contributed by atoms with Gasteiger partial charge in [-0.25, -0.2) is 4.57 Å². The third-order valence-corrected chi connectivity index (χ3v) is 1.94. The predicted octanol–water partition coefficient (Wildman–Crippen LogP) is -1.62. The third kappa shape index (κ3) is 36.8. The molecule has 1 atom stereocenters. The first kappa shape index (κ1) is 14.2. The number of rotatable bonds is 2. The second-order valence-corrected chi connectivity index (χ2v) is 3.88. The van der Waals surface area contributed by atoms with E-state index < -0.39 is 13.9 Å². The Morgan fingerprint density at radius 3 is 1.64 bits per heavy atom. The van der Waals surface area contributed by atoms with Gasteiger partial charge in [0.15, 0.2) is 0 Å². The van der Waals surface area contributed by atoms with Crippen LogP contribution in [0.1, 0.15) is 0 Å². The molecule has 0 aliphatic carbocycles. The zero-order valence-corrected chi connectivity index (χ0v) is 9.65. The molecule has 6 nitrogen and oxygen atoms in total. The summed E-state index contributed by atoms with van der Waals surface area (Å²) in [5.74, 6) is 0. The molecule has 0 aromatic carbocycles. The van der Waals surface area contributed by atoms with Crippen molar-refractivity contribution in [1.82, 2.24) is 0 Å². The molecule has 0 amide bonds. The number of hydrogen-bond acceptors (Lipinski definition) is 3. The van der Waals surface area contributed by atoms with Crippen LogP contribution in [0.5, 0.6) is 0 Å². The summed E-state index contributed by atoms with van der Waals surface area (Å²) in [6.45, 7) is -0.0833. The molecule has 0 aliphatic rings. The first-order valence-corrected chi connectivity index (χ1v) is 6.34. The monoisotopic (exact) mass is 237 g/mol. The van der Waals surface area contributed by atoms with Crippen LogP contribution in [0.3, 0.4) is 0 Å². The number of aliphatic hydroxyl groups excluding tert-OH is 2. The van der Waals surface area contributed by atoms with Gasteiger partial charge in [0.25, 0.3) is 0 Å². The molecule has 0 radical (unpaired) electrons. The Hall–Kier alpha value is 0.653. The van der Waals surface area contributed by atoms with Crippen molar-refractivity contribution in [3.63, 3.8) is 0 Å². The van der Waals surface area contributed by atoms with E-state index in [1.807, 2.05) is 0 Å². The average Bonchev–Trinajstić information content (AvgIpc) is 1.83. The molecule has 0 bridgehead atoms. The molecule has 65 valence electrons. The zero-order valence-electron chi connectivity index (χ0n) is 5.79. The van der Waals surface area contributed by atoms with Crippen LogP contribution in [0.25, 0.3) is 0 Å². The van der Waals surface area contributed by atoms with Gasteiger partial charge in [-0.1, -0.05) is 0 Å². The van der Waals surface area contributed by atoms with Gasteiger partial charge in [-0.2, -0.15) is 0 Å². The Labute approximate surface area is 73.8 Å². The average molecular weight is 238 g/mol. The molecular weight excluding hydrogens is 228 g/mol. The van der Waals surface area contributed by atoms with Gasteiger partial charge in [0.05, 0.1) is 0 Å². The van der Waals surface area contributed by atoms with Crippen molar-refractivity contribution in [1.29, 1.82) is 0 Å². The van der Waals surface area contributed by atoms with Crippen molar-refractivity contribution in [2.45, 2.75) is 11.1 Å². The number of aliphatic hydroxyl groups is 2. The minimum absolute atomic E-state index is 0.0833. The molecule has 0 spiro atoms. The summed E-state index contributed by atoms with van der Waals surface area (Å²) < 4.78 is 8.88. The van der Waals surface area contributed by atoms with Crippen LogP contribution >= 0.6 is 7.82 Å². The van der Waals surface area contributed by atoms with Crippen LogP contribution < -0.4 is 0 Å². The van der Waals surface area contributed by atoms with Crippen molar-refractivity contribution in [3.8, 4) is 0 Å². The summed E-state index contributed by atoms with van der Waals surface area (Å²) >= 11 is 1.06. The summed E-state index contributed by atoms with van der Waals surface area (Å²) in [6.07, 6.45) is -0.454. The molecule has 0 aromatic rings. The fourth-order valence-electron chi connectivity index (χ4n) is 0.0913. The molecule has 0 saturated carbocycles. The summed E-state index contributed by atoms with van der Waals surface area (Å²) in [5.41, 5.74) is 0. The fourth-order valence-corrected chi connectivity index (χ4v) is 0.474. The van der Waals surface area contributed by atoms with Crippen LogP contribution in [0.2, 0.25) is 5.02 Å². The van der Waals surface area contributed by atoms with Gasteiger partial charge in [0, 0.05) is 0 Å². The third-order valence-electron chi connectivity index (χ3n) is 0.544. The number of hydrogen-bond donors (Lipinski definition) is 5. The Morgan fingerprint density at radius 1 is 1.36 bits per heavy atom. The van der Waals surface area contributed by atoms with Gasteiger partial charge in [-0.05, 0) is 0 Å². The first-order valence-electron chi connectivity index (χ1n) is 2.67. The quantitative estimate of drug-likeness (QED) is 0.291. The standard InChI is InChI=1S/C3H7O2.H3O4P.Zn/c1-3(5)2-4;1-5(2,3)4;/h3-5H,1-2H2;(H3,1,2,3,4);. The molecule has 0 aliphatic heterocycles. The molecule has 0 rings (SSSR count). The van der Waals surface area contributed by atoms with Gasteiger partial charge in [-0.15, -0.1) is 0 Å². The van der Waals surface area contributed by atoms with Crippen molar-refractivity contribution in [2.24, 2.45) is 0 Å². The van der Waals surface area contributed by atoms with E-state index in [9.17, 15) is 0 Å². The van der Waals surface area contributed by atoms with E-state index in [0.29, 0.717) is 0 Å². The Balaban J connectivity index is 0. The first-order chi connectivity index (χ1) is 4.81. The molecule has 0 aromatic heterocycles. The van der Waals surface area contributed by atoms with Crippen LogP contribution in [0, 0.1) is 0 Å². The maximum atomic E-state index is 8.88. The topological polar surface area (TPSA) is 118 Å². The summed E-state index contributed by atoms with van der Waals surface area (Å²) in [4.78, 5) is 21.6. The van der Waals surface area contributed by atoms with Crippen molar-refractivity contribution in [2.75, 3.05) is 6.61 Å². The summed E-state index contributed by atoms with van der Waals surface area (Å²) in [6, 6.07) is 0. The Bertz CT molecular complexity index is 111. The molecular formula is C3H10O6PZn. The van der Waals surface area contributed by atoms with Crippen molar-refractivity contribution >= 4 is 7.82 Å².